The highest BCUT2D eigenvalue weighted by atomic mass is 16.6. The Kier molecular flexibility index (Phi) is 8.00. The zero-order chi connectivity index (χ0) is 20.0. The third kappa shape index (κ3) is 8.45. The van der Waals surface area contributed by atoms with Crippen molar-refractivity contribution >= 4 is 23.7 Å². The lowest BCUT2D eigenvalue weighted by Gasteiger charge is -2.29. The molecule has 0 fully saturated rings. The summed E-state index contributed by atoms with van der Waals surface area (Å²) >= 11 is 0. The molecule has 1 unspecified atom stereocenters. The molecule has 0 aromatic carbocycles. The number of carbonyl (C=O) groups excluding carboxylic acids is 4. The van der Waals surface area contributed by atoms with Crippen molar-refractivity contribution < 1.29 is 33.4 Å². The molecule has 3 amide bonds. The summed E-state index contributed by atoms with van der Waals surface area (Å²) in [5, 5.41) is 2.31. The standard InChI is InChI=1S/C15H27N3O7/c1-14(2,3)24-9(12(21)18-6)13(22)23-7-15(4,5)25-8(10(16)19)11(17)20/h8-9H,7H2,1-6H3,(H2,16,19)(H2,17,20)(H,18,21). The third-order valence-corrected chi connectivity index (χ3v) is 2.69. The Balaban J connectivity index is 4.99. The molecule has 0 saturated carbocycles. The summed E-state index contributed by atoms with van der Waals surface area (Å²) in [5.74, 6) is -3.75. The molecular weight excluding hydrogens is 334 g/mol. The minimum atomic E-state index is -1.67. The number of nitrogens with two attached hydrogens (primary N) is 2. The van der Waals surface area contributed by atoms with Gasteiger partial charge in [0, 0.05) is 7.05 Å². The summed E-state index contributed by atoms with van der Waals surface area (Å²) < 4.78 is 15.7. The van der Waals surface area contributed by atoms with Gasteiger partial charge in [0.25, 0.3) is 17.7 Å². The number of ether oxygens (including phenoxy) is 3. The minimum absolute atomic E-state index is 0.371. The molecule has 10 nitrogen and oxygen atoms in total. The molecule has 10 heteroatoms. The van der Waals surface area contributed by atoms with Crippen LogP contribution >= 0.6 is 0 Å². The smallest absolute Gasteiger partial charge is 0.345 e. The first kappa shape index (κ1) is 22.8. The quantitative estimate of drug-likeness (QED) is 0.336. The molecule has 0 aliphatic carbocycles. The average Bonchev–Trinajstić information content (AvgIpc) is 2.45. The van der Waals surface area contributed by atoms with Crippen LogP contribution in [0.1, 0.15) is 34.6 Å². The maximum absolute atomic E-state index is 12.2. The molecule has 0 spiro atoms. The zero-order valence-corrected chi connectivity index (χ0v) is 15.4. The van der Waals surface area contributed by atoms with E-state index in [2.05, 4.69) is 5.32 Å². The van der Waals surface area contributed by atoms with Crippen LogP contribution in [0, 0.1) is 0 Å². The van der Waals surface area contributed by atoms with Crippen LogP contribution < -0.4 is 16.8 Å². The maximum atomic E-state index is 12.2. The fourth-order valence-corrected chi connectivity index (χ4v) is 1.62. The van der Waals surface area contributed by atoms with E-state index < -0.39 is 47.1 Å². The number of carbonyl (C=O) groups is 4. The molecule has 5 N–H and O–H groups in total. The summed E-state index contributed by atoms with van der Waals surface area (Å²) in [6.45, 7) is 7.57. The summed E-state index contributed by atoms with van der Waals surface area (Å²) in [4.78, 5) is 46.3. The van der Waals surface area contributed by atoms with Crippen molar-refractivity contribution in [2.45, 2.75) is 58.0 Å². The van der Waals surface area contributed by atoms with E-state index in [-0.39, 0.29) is 6.61 Å². The lowest BCUT2D eigenvalue weighted by Crippen LogP contribution is -2.50. The van der Waals surface area contributed by atoms with Gasteiger partial charge in [-0.3, -0.25) is 14.4 Å². The Labute approximate surface area is 146 Å². The van der Waals surface area contributed by atoms with Gasteiger partial charge in [-0.2, -0.15) is 0 Å². The van der Waals surface area contributed by atoms with Crippen LogP contribution in [0.25, 0.3) is 0 Å². The van der Waals surface area contributed by atoms with Gasteiger partial charge in [0.15, 0.2) is 0 Å². The predicted octanol–water partition coefficient (Wildman–Crippen LogP) is -1.41. The number of amides is 3. The van der Waals surface area contributed by atoms with Crippen molar-refractivity contribution in [1.82, 2.24) is 5.32 Å². The maximum Gasteiger partial charge on any atom is 0.345 e. The van der Waals surface area contributed by atoms with Crippen molar-refractivity contribution in [2.24, 2.45) is 11.5 Å². The van der Waals surface area contributed by atoms with E-state index in [1.165, 1.54) is 20.9 Å². The van der Waals surface area contributed by atoms with Gasteiger partial charge in [0.2, 0.25) is 12.2 Å². The monoisotopic (exact) mass is 361 g/mol. The van der Waals surface area contributed by atoms with Gasteiger partial charge in [-0.15, -0.1) is 0 Å². The first-order valence-corrected chi connectivity index (χ1v) is 7.52. The SMILES string of the molecule is CNC(=O)C(OC(C)(C)C)C(=O)OCC(C)(C)OC(C(N)=O)C(N)=O. The van der Waals surface area contributed by atoms with Crippen LogP contribution in [0.2, 0.25) is 0 Å². The molecule has 25 heavy (non-hydrogen) atoms. The van der Waals surface area contributed by atoms with Gasteiger partial charge in [-0.25, -0.2) is 4.79 Å². The highest BCUT2D eigenvalue weighted by molar-refractivity contribution is 6.02. The normalized spacial score (nSPS) is 13.2. The molecule has 0 saturated heterocycles. The summed E-state index contributed by atoms with van der Waals surface area (Å²) in [5.41, 5.74) is 8.02. The van der Waals surface area contributed by atoms with E-state index in [9.17, 15) is 19.2 Å². The van der Waals surface area contributed by atoms with Crippen molar-refractivity contribution in [3.8, 4) is 0 Å². The number of nitrogens with one attached hydrogen (secondary N) is 1. The number of primary amides is 2. The van der Waals surface area contributed by atoms with Crippen LogP contribution in [-0.4, -0.2) is 60.8 Å². The van der Waals surface area contributed by atoms with Gasteiger partial charge in [0.05, 0.1) is 11.2 Å². The summed E-state index contributed by atoms with van der Waals surface area (Å²) in [6, 6.07) is 0. The first-order chi connectivity index (χ1) is 11.2. The van der Waals surface area contributed by atoms with Gasteiger partial charge in [0.1, 0.15) is 6.61 Å². The molecule has 0 radical (unpaired) electrons. The van der Waals surface area contributed by atoms with E-state index >= 15 is 0 Å². The van der Waals surface area contributed by atoms with Gasteiger partial charge >= 0.3 is 5.97 Å². The second kappa shape index (κ2) is 8.77. The topological polar surface area (TPSA) is 160 Å². The van der Waals surface area contributed by atoms with E-state index in [0.717, 1.165) is 0 Å². The minimum Gasteiger partial charge on any atom is -0.460 e. The Hall–Kier alpha value is -2.20. The second-order valence-electron chi connectivity index (χ2n) is 6.89. The molecule has 144 valence electrons. The molecule has 1 atom stereocenters. The molecule has 0 aromatic rings. The van der Waals surface area contributed by atoms with Crippen molar-refractivity contribution in [3.05, 3.63) is 0 Å². The fraction of sp³-hybridized carbons (Fsp3) is 0.733. The average molecular weight is 361 g/mol. The third-order valence-electron chi connectivity index (χ3n) is 2.69. The summed E-state index contributed by atoms with van der Waals surface area (Å²) in [7, 11) is 1.35. The van der Waals surface area contributed by atoms with E-state index in [1.54, 1.807) is 20.8 Å². The van der Waals surface area contributed by atoms with E-state index in [1.807, 2.05) is 0 Å². The number of likely N-dealkylation sites (N-methyl/N-ethyl adjacent to an activating group) is 1. The van der Waals surface area contributed by atoms with Crippen LogP contribution in [0.15, 0.2) is 0 Å². The van der Waals surface area contributed by atoms with E-state index in [4.69, 9.17) is 25.7 Å². The van der Waals surface area contributed by atoms with Gasteiger partial charge in [-0.05, 0) is 34.6 Å². The second-order valence-corrected chi connectivity index (χ2v) is 6.89. The predicted molar refractivity (Wildman–Crippen MR) is 87.0 cm³/mol. The highest BCUT2D eigenvalue weighted by Crippen LogP contribution is 2.16. The zero-order valence-electron chi connectivity index (χ0n) is 15.4. The van der Waals surface area contributed by atoms with Crippen molar-refractivity contribution in [1.29, 1.82) is 0 Å². The van der Waals surface area contributed by atoms with Crippen LogP contribution in [0.4, 0.5) is 0 Å². The molecule has 0 aliphatic heterocycles. The number of esters is 1. The molecule has 0 bridgehead atoms. The Bertz CT molecular complexity index is 512. The Morgan fingerprint density at radius 1 is 0.920 bits per heavy atom. The van der Waals surface area contributed by atoms with Gasteiger partial charge < -0.3 is 31.0 Å². The molecular formula is C15H27N3O7. The molecule has 0 heterocycles. The lowest BCUT2D eigenvalue weighted by atomic mass is 10.1. The van der Waals surface area contributed by atoms with Crippen LogP contribution in [0.5, 0.6) is 0 Å². The van der Waals surface area contributed by atoms with Crippen LogP contribution in [0.3, 0.4) is 0 Å². The molecule has 0 aliphatic rings. The van der Waals surface area contributed by atoms with Gasteiger partial charge in [-0.1, -0.05) is 0 Å². The lowest BCUT2D eigenvalue weighted by molar-refractivity contribution is -0.181. The Morgan fingerprint density at radius 2 is 1.40 bits per heavy atom. The van der Waals surface area contributed by atoms with Crippen LogP contribution in [-0.2, 0) is 33.4 Å². The fourth-order valence-electron chi connectivity index (χ4n) is 1.62. The van der Waals surface area contributed by atoms with Crippen molar-refractivity contribution in [2.75, 3.05) is 13.7 Å². The largest absolute Gasteiger partial charge is 0.460 e. The van der Waals surface area contributed by atoms with Crippen molar-refractivity contribution in [3.63, 3.8) is 0 Å². The molecule has 0 aromatic heterocycles. The number of hydrogen-bond donors (Lipinski definition) is 3. The first-order valence-electron chi connectivity index (χ1n) is 7.52. The number of hydrogen-bond acceptors (Lipinski definition) is 7. The Morgan fingerprint density at radius 3 is 1.76 bits per heavy atom. The number of rotatable bonds is 9. The summed E-state index contributed by atoms with van der Waals surface area (Å²) in [6.07, 6.45) is -3.15. The molecule has 0 rings (SSSR count). The highest BCUT2D eigenvalue weighted by Gasteiger charge is 2.36. The van der Waals surface area contributed by atoms with E-state index in [0.29, 0.717) is 0 Å².